The number of aryl methyl sites for hydroxylation is 1. The number of para-hydroxylation sites is 1. The number of benzene rings is 2. The molecule has 0 spiro atoms. The van der Waals surface area contributed by atoms with Gasteiger partial charge in [0, 0.05) is 62.2 Å². The fourth-order valence-corrected chi connectivity index (χ4v) is 7.84. The van der Waals surface area contributed by atoms with E-state index in [2.05, 4.69) is 33.4 Å². The number of fused-ring (bicyclic) bond motifs is 4. The molecule has 2 saturated heterocycles. The molecule has 224 valence electrons. The maximum absolute atomic E-state index is 13.7. The van der Waals surface area contributed by atoms with Crippen molar-refractivity contribution < 1.29 is 19.1 Å². The third-order valence-corrected chi connectivity index (χ3v) is 10.4. The Kier molecular flexibility index (Phi) is 6.02. The molecule has 2 aromatic heterocycles. The van der Waals surface area contributed by atoms with Crippen LogP contribution in [0.2, 0.25) is 0 Å². The highest BCUT2D eigenvalue weighted by Gasteiger charge is 2.47. The lowest BCUT2D eigenvalue weighted by atomic mass is 9.90. The Labute approximate surface area is 250 Å². The van der Waals surface area contributed by atoms with E-state index in [0.29, 0.717) is 36.2 Å². The SMILES string of the molecule is COC(=O)N1CC(c2cccc3cc(-c4nc5cc(C(=O)N6C[C@H]7CC[C@@H]6[C@@H]7N)cc(OC)c5n4C)n(CC4CC4)c23)C1. The van der Waals surface area contributed by atoms with Gasteiger partial charge in [-0.3, -0.25) is 4.79 Å². The van der Waals surface area contributed by atoms with Crippen molar-refractivity contribution in [1.29, 1.82) is 0 Å². The first-order chi connectivity index (χ1) is 20.9. The van der Waals surface area contributed by atoms with Gasteiger partial charge in [-0.05, 0) is 61.3 Å². The first-order valence-electron chi connectivity index (χ1n) is 15.4. The van der Waals surface area contributed by atoms with E-state index in [1.54, 1.807) is 12.0 Å². The second-order valence-corrected chi connectivity index (χ2v) is 12.9. The summed E-state index contributed by atoms with van der Waals surface area (Å²) in [5.41, 5.74) is 12.1. The average molecular weight is 583 g/mol. The molecule has 10 heteroatoms. The van der Waals surface area contributed by atoms with E-state index >= 15 is 0 Å². The van der Waals surface area contributed by atoms with Crippen molar-refractivity contribution in [2.45, 2.75) is 50.2 Å². The molecule has 3 atom stereocenters. The number of likely N-dealkylation sites (tertiary alicyclic amines) is 2. The van der Waals surface area contributed by atoms with Gasteiger partial charge in [0.15, 0.2) is 5.82 Å². The largest absolute Gasteiger partial charge is 0.494 e. The quantitative estimate of drug-likeness (QED) is 0.363. The van der Waals surface area contributed by atoms with E-state index in [4.69, 9.17) is 20.2 Å². The summed E-state index contributed by atoms with van der Waals surface area (Å²) in [5.74, 6) is 2.77. The fraction of sp³-hybridized carbons (Fsp3) is 0.485. The minimum Gasteiger partial charge on any atom is -0.494 e. The number of ether oxygens (including phenoxy) is 2. The third-order valence-electron chi connectivity index (χ3n) is 10.4. The molecule has 2 aromatic carbocycles. The Hall–Kier alpha value is -4.05. The van der Waals surface area contributed by atoms with E-state index in [-0.39, 0.29) is 30.0 Å². The number of carbonyl (C=O) groups excluding carboxylic acids is 2. The molecule has 4 fully saturated rings. The van der Waals surface area contributed by atoms with E-state index in [1.807, 2.05) is 24.1 Å². The van der Waals surface area contributed by atoms with Gasteiger partial charge in [-0.1, -0.05) is 18.2 Å². The second-order valence-electron chi connectivity index (χ2n) is 12.9. The zero-order valence-electron chi connectivity index (χ0n) is 25.0. The lowest BCUT2D eigenvalue weighted by molar-refractivity contribution is 0.0700. The number of carbonyl (C=O) groups is 2. The molecule has 4 aliphatic rings. The highest BCUT2D eigenvalue weighted by atomic mass is 16.5. The van der Waals surface area contributed by atoms with Gasteiger partial charge >= 0.3 is 6.09 Å². The van der Waals surface area contributed by atoms with E-state index in [1.165, 1.54) is 36.4 Å². The molecule has 2 saturated carbocycles. The smallest absolute Gasteiger partial charge is 0.409 e. The van der Waals surface area contributed by atoms with Gasteiger partial charge < -0.3 is 34.1 Å². The predicted molar refractivity (Wildman–Crippen MR) is 163 cm³/mol. The summed E-state index contributed by atoms with van der Waals surface area (Å²) < 4.78 is 15.3. The van der Waals surface area contributed by atoms with Crippen molar-refractivity contribution in [3.8, 4) is 17.3 Å². The van der Waals surface area contributed by atoms with Crippen molar-refractivity contribution in [3.63, 3.8) is 0 Å². The van der Waals surface area contributed by atoms with Crippen LogP contribution < -0.4 is 10.5 Å². The lowest BCUT2D eigenvalue weighted by Crippen LogP contribution is -2.48. The van der Waals surface area contributed by atoms with Crippen molar-refractivity contribution in [1.82, 2.24) is 23.9 Å². The van der Waals surface area contributed by atoms with Crippen LogP contribution in [0.3, 0.4) is 0 Å². The van der Waals surface area contributed by atoms with Gasteiger partial charge in [0.25, 0.3) is 5.91 Å². The molecule has 2 aliphatic carbocycles. The van der Waals surface area contributed by atoms with Gasteiger partial charge in [-0.15, -0.1) is 0 Å². The Bertz CT molecular complexity index is 1780. The number of aromatic nitrogens is 3. The summed E-state index contributed by atoms with van der Waals surface area (Å²) in [5, 5.41) is 1.17. The monoisotopic (exact) mass is 582 g/mol. The van der Waals surface area contributed by atoms with Crippen LogP contribution in [0.4, 0.5) is 4.79 Å². The molecule has 0 unspecified atom stereocenters. The van der Waals surface area contributed by atoms with Gasteiger partial charge in [0.05, 0.1) is 30.9 Å². The van der Waals surface area contributed by atoms with Gasteiger partial charge in [0.2, 0.25) is 0 Å². The van der Waals surface area contributed by atoms with Crippen LogP contribution in [0.5, 0.6) is 5.75 Å². The molecule has 2 N–H and O–H groups in total. The Morgan fingerprint density at radius 1 is 1.02 bits per heavy atom. The Morgan fingerprint density at radius 3 is 2.51 bits per heavy atom. The average Bonchev–Trinajstić information content (AvgIpc) is 3.38. The number of piperidine rings is 1. The molecular weight excluding hydrogens is 544 g/mol. The van der Waals surface area contributed by atoms with E-state index < -0.39 is 0 Å². The van der Waals surface area contributed by atoms with Crippen LogP contribution in [0, 0.1) is 11.8 Å². The highest BCUT2D eigenvalue weighted by Crippen LogP contribution is 2.42. The molecule has 10 nitrogen and oxygen atoms in total. The number of rotatable bonds is 6. The van der Waals surface area contributed by atoms with Crippen LogP contribution in [0.25, 0.3) is 33.5 Å². The van der Waals surface area contributed by atoms with Gasteiger partial charge in [0.1, 0.15) is 11.3 Å². The van der Waals surface area contributed by atoms with E-state index in [9.17, 15) is 9.59 Å². The van der Waals surface area contributed by atoms with Crippen LogP contribution >= 0.6 is 0 Å². The number of nitrogens with zero attached hydrogens (tertiary/aromatic N) is 5. The molecule has 43 heavy (non-hydrogen) atoms. The van der Waals surface area contributed by atoms with Crippen LogP contribution in [0.15, 0.2) is 36.4 Å². The zero-order chi connectivity index (χ0) is 29.6. The summed E-state index contributed by atoms with van der Waals surface area (Å²) in [4.78, 5) is 34.6. The number of nitrogens with two attached hydrogens (primary N) is 1. The lowest BCUT2D eigenvalue weighted by Gasteiger charge is -2.38. The standard InChI is InChI=1S/C33H38N6O4/c1-36-30-24(11-21(13-27(30)42-2)32(40)39-17-20-9-10-25(39)28(20)34)35-31(36)26-12-19-5-4-6-23(22-15-37(16-22)33(41)43-3)29(19)38(26)14-18-7-8-18/h4-6,11-13,18,20,22,25,28H,7-10,14-17,34H2,1-3H3/t20-,25-,28-/m1/s1. The maximum Gasteiger partial charge on any atom is 0.409 e. The summed E-state index contributed by atoms with van der Waals surface area (Å²) in [6, 6.07) is 12.7. The van der Waals surface area contributed by atoms with Crippen molar-refractivity contribution in [2.75, 3.05) is 33.9 Å². The van der Waals surface area contributed by atoms with Crippen LogP contribution in [-0.2, 0) is 18.3 Å². The molecule has 4 aromatic rings. The minimum absolute atomic E-state index is 0.00374. The van der Waals surface area contributed by atoms with Crippen LogP contribution in [0.1, 0.15) is 47.5 Å². The molecule has 2 bridgehead atoms. The Balaban J connectivity index is 1.22. The maximum atomic E-state index is 13.7. The van der Waals surface area contributed by atoms with E-state index in [0.717, 1.165) is 48.5 Å². The van der Waals surface area contributed by atoms with Gasteiger partial charge in [-0.25, -0.2) is 9.78 Å². The first-order valence-corrected chi connectivity index (χ1v) is 15.4. The second kappa shape index (κ2) is 9.74. The van der Waals surface area contributed by atoms with Crippen molar-refractivity contribution in [3.05, 3.63) is 47.5 Å². The third kappa shape index (κ3) is 4.06. The molecule has 8 rings (SSSR count). The fourth-order valence-electron chi connectivity index (χ4n) is 7.84. The first kappa shape index (κ1) is 26.6. The topological polar surface area (TPSA) is 108 Å². The highest BCUT2D eigenvalue weighted by molar-refractivity contribution is 6.00. The molecule has 2 amide bonds. The van der Waals surface area contributed by atoms with Crippen molar-refractivity contribution in [2.24, 2.45) is 24.6 Å². The Morgan fingerprint density at radius 2 is 1.84 bits per heavy atom. The summed E-state index contributed by atoms with van der Waals surface area (Å²) >= 11 is 0. The predicted octanol–water partition coefficient (Wildman–Crippen LogP) is 4.34. The number of imidazole rings is 1. The molecule has 2 aliphatic heterocycles. The number of methoxy groups -OCH3 is 2. The summed E-state index contributed by atoms with van der Waals surface area (Å²) in [6.07, 6.45) is 4.25. The minimum atomic E-state index is -0.274. The van der Waals surface area contributed by atoms with Crippen LogP contribution in [-0.4, -0.2) is 81.9 Å². The normalized spacial score (nSPS) is 23.4. The number of hydrogen-bond donors (Lipinski definition) is 1. The van der Waals surface area contributed by atoms with Crippen molar-refractivity contribution >= 4 is 33.9 Å². The summed E-state index contributed by atoms with van der Waals surface area (Å²) in [7, 11) is 5.10. The molecule has 0 radical (unpaired) electrons. The zero-order valence-corrected chi connectivity index (χ0v) is 25.0. The number of amides is 2. The van der Waals surface area contributed by atoms with Gasteiger partial charge in [-0.2, -0.15) is 0 Å². The number of hydrogen-bond acceptors (Lipinski definition) is 6. The summed E-state index contributed by atoms with van der Waals surface area (Å²) in [6.45, 7) is 2.95. The molecular formula is C33H38N6O4. The molecule has 4 heterocycles.